The van der Waals surface area contributed by atoms with Crippen molar-refractivity contribution in [3.8, 4) is 0 Å². The zero-order chi connectivity index (χ0) is 22.9. The number of ether oxygens (including phenoxy) is 1. The zero-order valence-corrected chi connectivity index (χ0v) is 19.8. The molecule has 1 aromatic heterocycles. The number of halogens is 1. The van der Waals surface area contributed by atoms with E-state index in [4.69, 9.17) is 4.74 Å². The Morgan fingerprint density at radius 3 is 2.41 bits per heavy atom. The molecule has 0 spiro atoms. The number of hydrogen-bond donors (Lipinski definition) is 0. The van der Waals surface area contributed by atoms with Crippen LogP contribution in [0.5, 0.6) is 0 Å². The van der Waals surface area contributed by atoms with E-state index in [-0.39, 0.29) is 30.1 Å². The van der Waals surface area contributed by atoms with E-state index in [1.807, 2.05) is 19.1 Å². The summed E-state index contributed by atoms with van der Waals surface area (Å²) < 4.78 is 18.5. The van der Waals surface area contributed by atoms with Crippen LogP contribution in [0.25, 0.3) is 0 Å². The Balaban J connectivity index is 1.74. The van der Waals surface area contributed by atoms with E-state index in [0.717, 1.165) is 36.1 Å². The van der Waals surface area contributed by atoms with Gasteiger partial charge in [-0.15, -0.1) is 11.3 Å². The molecule has 2 amide bonds. The van der Waals surface area contributed by atoms with Crippen LogP contribution in [-0.4, -0.2) is 48.4 Å². The van der Waals surface area contributed by atoms with E-state index in [0.29, 0.717) is 32.7 Å². The molecule has 32 heavy (non-hydrogen) atoms. The summed E-state index contributed by atoms with van der Waals surface area (Å²) in [6, 6.07) is 10.3. The van der Waals surface area contributed by atoms with Gasteiger partial charge in [0.25, 0.3) is 0 Å². The maximum atomic E-state index is 13.4. The van der Waals surface area contributed by atoms with Gasteiger partial charge in [-0.25, -0.2) is 4.39 Å². The Labute approximate surface area is 194 Å². The van der Waals surface area contributed by atoms with Crippen molar-refractivity contribution >= 4 is 23.2 Å². The second-order valence-corrected chi connectivity index (χ2v) is 9.85. The van der Waals surface area contributed by atoms with Crippen LogP contribution >= 0.6 is 11.3 Å². The molecule has 1 fully saturated rings. The van der Waals surface area contributed by atoms with Gasteiger partial charge < -0.3 is 14.5 Å². The highest BCUT2D eigenvalue weighted by Crippen LogP contribution is 2.27. The Bertz CT molecular complexity index is 878. The van der Waals surface area contributed by atoms with E-state index >= 15 is 0 Å². The van der Waals surface area contributed by atoms with E-state index in [1.165, 1.54) is 17.0 Å². The van der Waals surface area contributed by atoms with Crippen LogP contribution in [0.1, 0.15) is 47.4 Å². The smallest absolute Gasteiger partial charge is 0.242 e. The average molecular weight is 461 g/mol. The Kier molecular flexibility index (Phi) is 9.23. The van der Waals surface area contributed by atoms with Gasteiger partial charge >= 0.3 is 0 Å². The number of thiophene rings is 1. The molecular weight excluding hydrogens is 427 g/mol. The van der Waals surface area contributed by atoms with Crippen molar-refractivity contribution in [2.75, 3.05) is 26.8 Å². The van der Waals surface area contributed by atoms with Gasteiger partial charge in [0.15, 0.2) is 0 Å². The second-order valence-electron chi connectivity index (χ2n) is 8.48. The van der Waals surface area contributed by atoms with Crippen molar-refractivity contribution in [3.05, 3.63) is 57.5 Å². The zero-order valence-electron chi connectivity index (χ0n) is 19.0. The molecule has 0 radical (unpaired) electrons. The molecule has 2 aromatic rings. The van der Waals surface area contributed by atoms with Crippen molar-refractivity contribution in [2.24, 2.45) is 5.92 Å². The molecule has 5 nitrogen and oxygen atoms in total. The monoisotopic (exact) mass is 460 g/mol. The number of aryl methyl sites for hydroxylation is 1. The maximum absolute atomic E-state index is 13.4. The molecule has 7 heteroatoms. The number of carbonyl (C=O) groups is 2. The molecule has 1 aromatic carbocycles. The predicted molar refractivity (Wildman–Crippen MR) is 125 cm³/mol. The minimum atomic E-state index is -0.299. The maximum Gasteiger partial charge on any atom is 0.242 e. The fourth-order valence-electron chi connectivity index (χ4n) is 4.16. The van der Waals surface area contributed by atoms with Crippen molar-refractivity contribution in [3.63, 3.8) is 0 Å². The van der Waals surface area contributed by atoms with Gasteiger partial charge in [-0.05, 0) is 56.0 Å². The van der Waals surface area contributed by atoms with Crippen molar-refractivity contribution in [2.45, 2.75) is 52.1 Å². The summed E-state index contributed by atoms with van der Waals surface area (Å²) in [5.74, 6) is -0.285. The van der Waals surface area contributed by atoms with E-state index in [2.05, 4.69) is 0 Å². The van der Waals surface area contributed by atoms with Gasteiger partial charge in [0.2, 0.25) is 11.8 Å². The van der Waals surface area contributed by atoms with E-state index in [9.17, 15) is 14.0 Å². The molecule has 174 valence electrons. The first-order chi connectivity index (χ1) is 15.5. The molecular formula is C25H33FN2O3S. The quantitative estimate of drug-likeness (QED) is 0.454. The minimum absolute atomic E-state index is 0.0239. The van der Waals surface area contributed by atoms with Crippen LogP contribution in [0.15, 0.2) is 36.4 Å². The molecule has 1 aliphatic rings. The lowest BCUT2D eigenvalue weighted by Gasteiger charge is -2.29. The summed E-state index contributed by atoms with van der Waals surface area (Å²) in [6.45, 7) is 4.01. The average Bonchev–Trinajstić information content (AvgIpc) is 3.45. The van der Waals surface area contributed by atoms with Crippen LogP contribution < -0.4 is 0 Å². The summed E-state index contributed by atoms with van der Waals surface area (Å²) in [7, 11) is 1.64. The molecule has 0 unspecified atom stereocenters. The third-order valence-corrected chi connectivity index (χ3v) is 6.89. The molecule has 1 heterocycles. The number of carbonyl (C=O) groups excluding carboxylic acids is 2. The molecule has 3 rings (SSSR count). The molecule has 1 saturated carbocycles. The van der Waals surface area contributed by atoms with Crippen LogP contribution in [0, 0.1) is 18.7 Å². The summed E-state index contributed by atoms with van der Waals surface area (Å²) in [6.07, 6.45) is 4.66. The van der Waals surface area contributed by atoms with Crippen LogP contribution in [-0.2, 0) is 27.4 Å². The highest BCUT2D eigenvalue weighted by atomic mass is 32.1. The standard InChI is InChI=1S/C25H33FN2O3S/c1-19-8-13-23(32-19)17-28(16-20-9-11-22(26)12-10-20)24(29)18-27(14-5-15-31-2)25(30)21-6-3-4-7-21/h8-13,21H,3-7,14-18H2,1-2H3. The SMILES string of the molecule is COCCCN(CC(=O)N(Cc1ccc(F)cc1)Cc1ccc(C)s1)C(=O)C1CCCC1. The van der Waals surface area contributed by atoms with E-state index < -0.39 is 0 Å². The lowest BCUT2D eigenvalue weighted by Crippen LogP contribution is -2.44. The Morgan fingerprint density at radius 1 is 1.06 bits per heavy atom. The minimum Gasteiger partial charge on any atom is -0.385 e. The van der Waals surface area contributed by atoms with Crippen molar-refractivity contribution < 1.29 is 18.7 Å². The number of methoxy groups -OCH3 is 1. The first kappa shape index (κ1) is 24.4. The summed E-state index contributed by atoms with van der Waals surface area (Å²) in [4.78, 5) is 32.3. The topological polar surface area (TPSA) is 49.9 Å². The van der Waals surface area contributed by atoms with Gasteiger partial charge in [-0.1, -0.05) is 25.0 Å². The molecule has 0 atom stereocenters. The highest BCUT2D eigenvalue weighted by Gasteiger charge is 2.29. The van der Waals surface area contributed by atoms with Crippen LogP contribution in [0.3, 0.4) is 0 Å². The number of amides is 2. The second kappa shape index (κ2) is 12.1. The van der Waals surface area contributed by atoms with Gasteiger partial charge in [0.05, 0.1) is 13.1 Å². The first-order valence-corrected chi connectivity index (χ1v) is 12.1. The van der Waals surface area contributed by atoms with Crippen LogP contribution in [0.2, 0.25) is 0 Å². The Hall–Kier alpha value is -2.25. The van der Waals surface area contributed by atoms with Gasteiger partial charge in [-0.2, -0.15) is 0 Å². The summed E-state index contributed by atoms with van der Waals surface area (Å²) in [5.41, 5.74) is 0.862. The molecule has 0 saturated heterocycles. The van der Waals surface area contributed by atoms with E-state index in [1.54, 1.807) is 40.4 Å². The largest absolute Gasteiger partial charge is 0.385 e. The molecule has 0 aliphatic heterocycles. The van der Waals surface area contributed by atoms with Crippen LogP contribution in [0.4, 0.5) is 4.39 Å². The number of hydrogen-bond acceptors (Lipinski definition) is 4. The fraction of sp³-hybridized carbons (Fsp3) is 0.520. The molecule has 1 aliphatic carbocycles. The summed E-state index contributed by atoms with van der Waals surface area (Å²) >= 11 is 1.66. The lowest BCUT2D eigenvalue weighted by molar-refractivity contribution is -0.143. The number of nitrogens with zero attached hydrogens (tertiary/aromatic N) is 2. The predicted octanol–water partition coefficient (Wildman–Crippen LogP) is 4.78. The van der Waals surface area contributed by atoms with Crippen molar-refractivity contribution in [1.29, 1.82) is 0 Å². The first-order valence-electron chi connectivity index (χ1n) is 11.3. The number of benzene rings is 1. The number of rotatable bonds is 11. The third kappa shape index (κ3) is 7.14. The normalized spacial score (nSPS) is 14.0. The summed E-state index contributed by atoms with van der Waals surface area (Å²) in [5, 5.41) is 0. The Morgan fingerprint density at radius 2 is 1.78 bits per heavy atom. The van der Waals surface area contributed by atoms with Gasteiger partial charge in [0.1, 0.15) is 5.82 Å². The molecule has 0 bridgehead atoms. The van der Waals surface area contributed by atoms with Gasteiger partial charge in [-0.3, -0.25) is 9.59 Å². The van der Waals surface area contributed by atoms with Gasteiger partial charge in [0, 0.05) is 42.5 Å². The molecule has 0 N–H and O–H groups in total. The fourth-order valence-corrected chi connectivity index (χ4v) is 5.07. The lowest BCUT2D eigenvalue weighted by atomic mass is 10.1. The third-order valence-electron chi connectivity index (χ3n) is 5.90. The highest BCUT2D eigenvalue weighted by molar-refractivity contribution is 7.11. The van der Waals surface area contributed by atoms with Crippen molar-refractivity contribution in [1.82, 2.24) is 9.80 Å².